The van der Waals surface area contributed by atoms with Gasteiger partial charge in [-0.3, -0.25) is 4.79 Å². The second-order valence-electron chi connectivity index (χ2n) is 7.13. The van der Waals surface area contributed by atoms with E-state index in [0.717, 1.165) is 11.1 Å². The Balaban J connectivity index is 2.16. The summed E-state index contributed by atoms with van der Waals surface area (Å²) >= 11 is 0. The van der Waals surface area contributed by atoms with E-state index in [1.807, 2.05) is 24.3 Å². The molecule has 0 fully saturated rings. The van der Waals surface area contributed by atoms with Gasteiger partial charge in [0.05, 0.1) is 5.56 Å². The Morgan fingerprint density at radius 2 is 1.44 bits per heavy atom. The number of nitrogens with one attached hydrogen (secondary N) is 1. The number of fused-ring (bicyclic) bond motifs is 1. The minimum atomic E-state index is -4.58. The van der Waals surface area contributed by atoms with Crippen molar-refractivity contribution in [1.29, 1.82) is 0 Å². The molecule has 2 nitrogen and oxygen atoms in total. The third kappa shape index (κ3) is 3.45. The summed E-state index contributed by atoms with van der Waals surface area (Å²) < 4.78 is 39.8. The molecule has 25 heavy (non-hydrogen) atoms. The van der Waals surface area contributed by atoms with Gasteiger partial charge in [0.25, 0.3) is 0 Å². The van der Waals surface area contributed by atoms with Crippen LogP contribution in [0, 0.1) is 0 Å². The Morgan fingerprint density at radius 3 is 2.00 bits per heavy atom. The van der Waals surface area contributed by atoms with Crippen molar-refractivity contribution in [3.05, 3.63) is 70.0 Å². The van der Waals surface area contributed by atoms with Gasteiger partial charge in [0.2, 0.25) is 5.56 Å². The first-order chi connectivity index (χ1) is 11.6. The molecule has 3 aromatic rings. The summed E-state index contributed by atoms with van der Waals surface area (Å²) in [6, 6.07) is 13.1. The molecule has 0 saturated carbocycles. The van der Waals surface area contributed by atoms with Gasteiger partial charge in [-0.15, -0.1) is 0 Å². The largest absolute Gasteiger partial charge is 0.417 e. The van der Waals surface area contributed by atoms with Gasteiger partial charge in [0.1, 0.15) is 0 Å². The van der Waals surface area contributed by atoms with Crippen LogP contribution >= 0.6 is 0 Å². The van der Waals surface area contributed by atoms with Crippen LogP contribution in [0.1, 0.15) is 31.9 Å². The van der Waals surface area contributed by atoms with E-state index in [1.165, 1.54) is 12.1 Å². The molecule has 5 heteroatoms. The average molecular weight is 345 g/mol. The number of alkyl halides is 3. The van der Waals surface area contributed by atoms with Gasteiger partial charge in [-0.25, -0.2) is 0 Å². The molecule has 1 N–H and O–H groups in total. The van der Waals surface area contributed by atoms with Gasteiger partial charge < -0.3 is 4.98 Å². The monoisotopic (exact) mass is 345 g/mol. The topological polar surface area (TPSA) is 32.9 Å². The van der Waals surface area contributed by atoms with Crippen molar-refractivity contribution in [3.63, 3.8) is 0 Å². The number of hydrogen-bond acceptors (Lipinski definition) is 1. The number of halogens is 3. The fourth-order valence-corrected chi connectivity index (χ4v) is 2.83. The Morgan fingerprint density at radius 1 is 0.840 bits per heavy atom. The molecule has 0 bridgehead atoms. The van der Waals surface area contributed by atoms with Crippen molar-refractivity contribution in [2.75, 3.05) is 0 Å². The number of benzene rings is 2. The first kappa shape index (κ1) is 17.3. The molecule has 0 unspecified atom stereocenters. The Labute approximate surface area is 143 Å². The first-order valence-corrected chi connectivity index (χ1v) is 7.91. The van der Waals surface area contributed by atoms with Crippen molar-refractivity contribution >= 4 is 10.9 Å². The van der Waals surface area contributed by atoms with Gasteiger partial charge in [0.15, 0.2) is 0 Å². The van der Waals surface area contributed by atoms with Gasteiger partial charge in [-0.05, 0) is 34.2 Å². The molecule has 3 rings (SSSR count). The highest BCUT2D eigenvalue weighted by molar-refractivity contribution is 5.87. The van der Waals surface area contributed by atoms with Crippen LogP contribution in [-0.2, 0) is 11.6 Å². The fourth-order valence-electron chi connectivity index (χ4n) is 2.83. The maximum Gasteiger partial charge on any atom is 0.417 e. The maximum absolute atomic E-state index is 13.3. The molecule has 1 aromatic heterocycles. The normalized spacial score (nSPS) is 12.6. The van der Waals surface area contributed by atoms with E-state index in [9.17, 15) is 18.0 Å². The summed E-state index contributed by atoms with van der Waals surface area (Å²) in [4.78, 5) is 13.9. The van der Waals surface area contributed by atoms with Crippen molar-refractivity contribution < 1.29 is 13.2 Å². The summed E-state index contributed by atoms with van der Waals surface area (Å²) in [5, 5.41) is -0.00972. The molecular weight excluding hydrogens is 327 g/mol. The van der Waals surface area contributed by atoms with Gasteiger partial charge in [-0.2, -0.15) is 13.2 Å². The molecule has 0 aliphatic heterocycles. The summed E-state index contributed by atoms with van der Waals surface area (Å²) in [5.74, 6) is 0. The van der Waals surface area contributed by atoms with Gasteiger partial charge in [0, 0.05) is 17.0 Å². The van der Waals surface area contributed by atoms with Crippen LogP contribution in [0.15, 0.2) is 53.3 Å². The van der Waals surface area contributed by atoms with E-state index in [0.29, 0.717) is 11.6 Å². The molecule has 0 aliphatic carbocycles. The number of H-pyrrole nitrogens is 1. The molecule has 1 heterocycles. The Kier molecular flexibility index (Phi) is 3.98. The smallest absolute Gasteiger partial charge is 0.322 e. The van der Waals surface area contributed by atoms with Crippen LogP contribution in [0.3, 0.4) is 0 Å². The highest BCUT2D eigenvalue weighted by atomic mass is 19.4. The quantitative estimate of drug-likeness (QED) is 0.620. The molecule has 0 amide bonds. The molecular formula is C20H18F3NO. The standard InChI is InChI=1S/C20H18F3NO/c1-19(2,3)14-7-4-12(5-8-14)13-6-9-17-15(10-13)16(20(21,22)23)11-18(25)24-17/h4-11H,1-3H3,(H,24,25). The summed E-state index contributed by atoms with van der Waals surface area (Å²) in [5.41, 5.74) is 1.15. The summed E-state index contributed by atoms with van der Waals surface area (Å²) in [6.45, 7) is 6.30. The van der Waals surface area contributed by atoms with Crippen LogP contribution in [0.2, 0.25) is 0 Å². The first-order valence-electron chi connectivity index (χ1n) is 7.91. The highest BCUT2D eigenvalue weighted by Crippen LogP contribution is 2.35. The molecule has 0 spiro atoms. The van der Waals surface area contributed by atoms with E-state index >= 15 is 0 Å². The van der Waals surface area contributed by atoms with Gasteiger partial charge >= 0.3 is 6.18 Å². The second-order valence-corrected chi connectivity index (χ2v) is 7.13. The third-order valence-electron chi connectivity index (χ3n) is 4.23. The zero-order valence-corrected chi connectivity index (χ0v) is 14.2. The average Bonchev–Trinajstić information content (AvgIpc) is 2.52. The van der Waals surface area contributed by atoms with E-state index in [-0.39, 0.29) is 16.3 Å². The highest BCUT2D eigenvalue weighted by Gasteiger charge is 2.33. The number of aromatic nitrogens is 1. The van der Waals surface area contributed by atoms with Crippen LogP contribution in [-0.4, -0.2) is 4.98 Å². The number of rotatable bonds is 1. The van der Waals surface area contributed by atoms with Crippen molar-refractivity contribution in [2.24, 2.45) is 0 Å². The molecule has 0 radical (unpaired) electrons. The SMILES string of the molecule is CC(C)(C)c1ccc(-c2ccc3[nH]c(=O)cc(C(F)(F)F)c3c2)cc1. The lowest BCUT2D eigenvalue weighted by Crippen LogP contribution is -2.13. The fraction of sp³-hybridized carbons (Fsp3) is 0.250. The number of hydrogen-bond donors (Lipinski definition) is 1. The van der Waals surface area contributed by atoms with E-state index in [1.54, 1.807) is 6.07 Å². The van der Waals surface area contributed by atoms with Gasteiger partial charge in [-0.1, -0.05) is 51.1 Å². The van der Waals surface area contributed by atoms with E-state index < -0.39 is 17.3 Å². The summed E-state index contributed by atoms with van der Waals surface area (Å²) in [6.07, 6.45) is -4.58. The van der Waals surface area contributed by atoms with E-state index in [2.05, 4.69) is 25.8 Å². The minimum absolute atomic E-state index is 0.00482. The molecule has 130 valence electrons. The lowest BCUT2D eigenvalue weighted by molar-refractivity contribution is -0.136. The molecule has 0 aliphatic rings. The zero-order chi connectivity index (χ0) is 18.4. The predicted octanol–water partition coefficient (Wildman–Crippen LogP) is 5.51. The van der Waals surface area contributed by atoms with Crippen molar-refractivity contribution in [3.8, 4) is 11.1 Å². The predicted molar refractivity (Wildman–Crippen MR) is 93.7 cm³/mol. The maximum atomic E-state index is 13.3. The zero-order valence-electron chi connectivity index (χ0n) is 14.2. The Bertz CT molecular complexity index is 977. The molecule has 2 aromatic carbocycles. The van der Waals surface area contributed by atoms with Crippen LogP contribution in [0.4, 0.5) is 13.2 Å². The minimum Gasteiger partial charge on any atom is -0.322 e. The summed E-state index contributed by atoms with van der Waals surface area (Å²) in [7, 11) is 0. The van der Waals surface area contributed by atoms with Crippen LogP contribution < -0.4 is 5.56 Å². The van der Waals surface area contributed by atoms with Crippen LogP contribution in [0.25, 0.3) is 22.0 Å². The van der Waals surface area contributed by atoms with Crippen molar-refractivity contribution in [1.82, 2.24) is 4.98 Å². The Hall–Kier alpha value is -2.56. The van der Waals surface area contributed by atoms with E-state index in [4.69, 9.17) is 0 Å². The molecule has 0 atom stereocenters. The molecule has 0 saturated heterocycles. The van der Waals surface area contributed by atoms with Crippen LogP contribution in [0.5, 0.6) is 0 Å². The third-order valence-corrected chi connectivity index (χ3v) is 4.23. The number of aromatic amines is 1. The number of pyridine rings is 1. The van der Waals surface area contributed by atoms with Crippen molar-refractivity contribution in [2.45, 2.75) is 32.4 Å². The lowest BCUT2D eigenvalue weighted by atomic mass is 9.86. The lowest BCUT2D eigenvalue weighted by Gasteiger charge is -2.19. The second kappa shape index (κ2) is 5.76.